The lowest BCUT2D eigenvalue weighted by molar-refractivity contribution is -0.123. The highest BCUT2D eigenvalue weighted by Crippen LogP contribution is 2.25. The van der Waals surface area contributed by atoms with E-state index in [9.17, 15) is 4.79 Å². The molecule has 0 bridgehead atoms. The summed E-state index contributed by atoms with van der Waals surface area (Å²) in [4.78, 5) is 15.9. The standard InChI is InChI=1S/C29H34N2O2/c1-22-8-10-23(11-9-22)20-28(25-12-14-27(33-2)15-13-25)29(32)30-26-16-18-31(19-17-26)21-24-6-4-3-5-7-24/h3-15,26,28H,16-21H2,1-2H3,(H,30,32). The van der Waals surface area contributed by atoms with Gasteiger partial charge in [-0.15, -0.1) is 0 Å². The molecule has 0 radical (unpaired) electrons. The highest BCUT2D eigenvalue weighted by Gasteiger charge is 2.26. The number of hydrogen-bond donors (Lipinski definition) is 1. The van der Waals surface area contributed by atoms with Crippen molar-refractivity contribution in [3.8, 4) is 5.75 Å². The van der Waals surface area contributed by atoms with Crippen LogP contribution < -0.4 is 10.1 Å². The number of carbonyl (C=O) groups excluding carboxylic acids is 1. The molecule has 0 saturated carbocycles. The third kappa shape index (κ3) is 6.45. The van der Waals surface area contributed by atoms with Crippen LogP contribution in [-0.4, -0.2) is 37.0 Å². The molecule has 1 N–H and O–H groups in total. The van der Waals surface area contributed by atoms with Crippen molar-refractivity contribution in [1.82, 2.24) is 10.2 Å². The third-order valence-electron chi connectivity index (χ3n) is 6.58. The summed E-state index contributed by atoms with van der Waals surface area (Å²) in [6, 6.07) is 27.2. The Kier molecular flexibility index (Phi) is 7.79. The minimum Gasteiger partial charge on any atom is -0.497 e. The first kappa shape index (κ1) is 23.1. The van der Waals surface area contributed by atoms with Crippen molar-refractivity contribution in [3.63, 3.8) is 0 Å². The fraction of sp³-hybridized carbons (Fsp3) is 0.345. The number of likely N-dealkylation sites (tertiary alicyclic amines) is 1. The topological polar surface area (TPSA) is 41.6 Å². The first-order valence-corrected chi connectivity index (χ1v) is 11.9. The Labute approximate surface area is 197 Å². The lowest BCUT2D eigenvalue weighted by Crippen LogP contribution is -2.46. The van der Waals surface area contributed by atoms with Gasteiger partial charge in [0, 0.05) is 25.7 Å². The molecule has 4 heteroatoms. The van der Waals surface area contributed by atoms with E-state index in [2.05, 4.69) is 71.7 Å². The van der Waals surface area contributed by atoms with Crippen LogP contribution in [0.2, 0.25) is 0 Å². The first-order chi connectivity index (χ1) is 16.1. The number of piperidine rings is 1. The van der Waals surface area contributed by atoms with Crippen molar-refractivity contribution in [2.24, 2.45) is 0 Å². The third-order valence-corrected chi connectivity index (χ3v) is 6.58. The van der Waals surface area contributed by atoms with E-state index in [1.165, 1.54) is 16.7 Å². The summed E-state index contributed by atoms with van der Waals surface area (Å²) in [5.41, 5.74) is 4.77. The quantitative estimate of drug-likeness (QED) is 0.527. The number of carbonyl (C=O) groups is 1. The van der Waals surface area contributed by atoms with Gasteiger partial charge in [-0.05, 0) is 55.0 Å². The Morgan fingerprint density at radius 1 is 0.939 bits per heavy atom. The number of methoxy groups -OCH3 is 1. The summed E-state index contributed by atoms with van der Waals surface area (Å²) in [5, 5.41) is 3.37. The molecule has 4 rings (SSSR count). The molecule has 1 atom stereocenters. The average molecular weight is 443 g/mol. The van der Waals surface area contributed by atoms with Gasteiger partial charge in [-0.3, -0.25) is 9.69 Å². The molecule has 1 heterocycles. The average Bonchev–Trinajstić information content (AvgIpc) is 2.85. The summed E-state index contributed by atoms with van der Waals surface area (Å²) < 4.78 is 5.31. The number of hydrogen-bond acceptors (Lipinski definition) is 3. The Balaban J connectivity index is 1.39. The van der Waals surface area contributed by atoms with Gasteiger partial charge in [0.1, 0.15) is 5.75 Å². The zero-order valence-corrected chi connectivity index (χ0v) is 19.7. The van der Waals surface area contributed by atoms with E-state index in [0.29, 0.717) is 6.42 Å². The molecule has 1 fully saturated rings. The van der Waals surface area contributed by atoms with E-state index in [4.69, 9.17) is 4.74 Å². The molecule has 1 unspecified atom stereocenters. The Morgan fingerprint density at radius 3 is 2.24 bits per heavy atom. The summed E-state index contributed by atoms with van der Waals surface area (Å²) in [6.45, 7) is 5.07. The second kappa shape index (κ2) is 11.2. The largest absolute Gasteiger partial charge is 0.497 e. The van der Waals surface area contributed by atoms with Crippen LogP contribution in [0, 0.1) is 6.92 Å². The van der Waals surface area contributed by atoms with Crippen molar-refractivity contribution in [1.29, 1.82) is 0 Å². The van der Waals surface area contributed by atoms with E-state index >= 15 is 0 Å². The first-order valence-electron chi connectivity index (χ1n) is 11.9. The van der Waals surface area contributed by atoms with Crippen molar-refractivity contribution in [2.45, 2.75) is 44.7 Å². The molecule has 3 aromatic carbocycles. The molecule has 4 nitrogen and oxygen atoms in total. The monoisotopic (exact) mass is 442 g/mol. The minimum absolute atomic E-state index is 0.113. The molecular weight excluding hydrogens is 408 g/mol. The van der Waals surface area contributed by atoms with E-state index in [-0.39, 0.29) is 17.9 Å². The number of amides is 1. The van der Waals surface area contributed by atoms with Crippen LogP contribution in [0.1, 0.15) is 41.0 Å². The van der Waals surface area contributed by atoms with Crippen molar-refractivity contribution in [3.05, 3.63) is 101 Å². The van der Waals surface area contributed by atoms with E-state index in [1.807, 2.05) is 24.3 Å². The van der Waals surface area contributed by atoms with Crippen LogP contribution in [-0.2, 0) is 17.8 Å². The van der Waals surface area contributed by atoms with Crippen LogP contribution in [0.15, 0.2) is 78.9 Å². The van der Waals surface area contributed by atoms with Crippen molar-refractivity contribution in [2.75, 3.05) is 20.2 Å². The predicted molar refractivity (Wildman–Crippen MR) is 134 cm³/mol. The normalized spacial score (nSPS) is 15.7. The van der Waals surface area contributed by atoms with Gasteiger partial charge in [-0.25, -0.2) is 0 Å². The van der Waals surface area contributed by atoms with Gasteiger partial charge in [-0.1, -0.05) is 72.3 Å². The van der Waals surface area contributed by atoms with Crippen molar-refractivity contribution < 1.29 is 9.53 Å². The van der Waals surface area contributed by atoms with Crippen LogP contribution >= 0.6 is 0 Å². The lowest BCUT2D eigenvalue weighted by Gasteiger charge is -2.33. The second-order valence-corrected chi connectivity index (χ2v) is 9.06. The number of nitrogens with zero attached hydrogens (tertiary/aromatic N) is 1. The number of rotatable bonds is 8. The number of ether oxygens (including phenoxy) is 1. The minimum atomic E-state index is -0.221. The summed E-state index contributed by atoms with van der Waals surface area (Å²) in [7, 11) is 1.66. The SMILES string of the molecule is COc1ccc(C(Cc2ccc(C)cc2)C(=O)NC2CCN(Cc3ccccc3)CC2)cc1. The molecule has 0 aromatic heterocycles. The highest BCUT2D eigenvalue weighted by molar-refractivity contribution is 5.84. The fourth-order valence-electron chi connectivity index (χ4n) is 4.54. The van der Waals surface area contributed by atoms with Crippen LogP contribution in [0.5, 0.6) is 5.75 Å². The van der Waals surface area contributed by atoms with E-state index in [0.717, 1.165) is 43.8 Å². The predicted octanol–water partition coefficient (Wildman–Crippen LogP) is 5.11. The van der Waals surface area contributed by atoms with Crippen LogP contribution in [0.25, 0.3) is 0 Å². The van der Waals surface area contributed by atoms with Gasteiger partial charge in [0.05, 0.1) is 13.0 Å². The number of benzene rings is 3. The molecule has 0 aliphatic carbocycles. The van der Waals surface area contributed by atoms with Gasteiger partial charge in [0.25, 0.3) is 0 Å². The molecule has 172 valence electrons. The van der Waals surface area contributed by atoms with Crippen LogP contribution in [0.3, 0.4) is 0 Å². The maximum Gasteiger partial charge on any atom is 0.228 e. The van der Waals surface area contributed by atoms with Gasteiger partial charge in [0.2, 0.25) is 5.91 Å². The van der Waals surface area contributed by atoms with Gasteiger partial charge < -0.3 is 10.1 Å². The summed E-state index contributed by atoms with van der Waals surface area (Å²) in [5.74, 6) is 0.697. The maximum atomic E-state index is 13.5. The highest BCUT2D eigenvalue weighted by atomic mass is 16.5. The zero-order valence-electron chi connectivity index (χ0n) is 19.7. The number of aryl methyl sites for hydroxylation is 1. The molecule has 1 aliphatic heterocycles. The van der Waals surface area contributed by atoms with Crippen molar-refractivity contribution >= 4 is 5.91 Å². The zero-order chi connectivity index (χ0) is 23.0. The maximum absolute atomic E-state index is 13.5. The smallest absolute Gasteiger partial charge is 0.228 e. The molecule has 1 amide bonds. The fourth-order valence-corrected chi connectivity index (χ4v) is 4.54. The lowest BCUT2D eigenvalue weighted by atomic mass is 9.90. The Hall–Kier alpha value is -3.11. The summed E-state index contributed by atoms with van der Waals surface area (Å²) >= 11 is 0. The molecule has 1 aliphatic rings. The molecule has 1 saturated heterocycles. The van der Waals surface area contributed by atoms with Gasteiger partial charge >= 0.3 is 0 Å². The molecule has 33 heavy (non-hydrogen) atoms. The van der Waals surface area contributed by atoms with Gasteiger partial charge in [0.15, 0.2) is 0 Å². The van der Waals surface area contributed by atoms with E-state index < -0.39 is 0 Å². The second-order valence-electron chi connectivity index (χ2n) is 9.06. The van der Waals surface area contributed by atoms with Gasteiger partial charge in [-0.2, -0.15) is 0 Å². The number of nitrogens with one attached hydrogen (secondary N) is 1. The molecule has 0 spiro atoms. The summed E-state index contributed by atoms with van der Waals surface area (Å²) in [6.07, 6.45) is 2.65. The van der Waals surface area contributed by atoms with Crippen LogP contribution in [0.4, 0.5) is 0 Å². The Morgan fingerprint density at radius 2 is 1.61 bits per heavy atom. The van der Waals surface area contributed by atoms with E-state index in [1.54, 1.807) is 7.11 Å². The molecular formula is C29H34N2O2. The molecule has 3 aromatic rings. The Bertz CT molecular complexity index is 1010.